The molecule has 35 heavy (non-hydrogen) atoms. The maximum absolute atomic E-state index is 13.4. The van der Waals surface area contributed by atoms with E-state index < -0.39 is 24.1 Å². The number of amides is 2. The van der Waals surface area contributed by atoms with Crippen LogP contribution in [-0.4, -0.2) is 81.8 Å². The van der Waals surface area contributed by atoms with Crippen LogP contribution in [0.3, 0.4) is 0 Å². The zero-order valence-electron chi connectivity index (χ0n) is 20.2. The van der Waals surface area contributed by atoms with Crippen molar-refractivity contribution in [2.45, 2.75) is 39.0 Å². The van der Waals surface area contributed by atoms with Gasteiger partial charge in [0.05, 0.1) is 19.2 Å². The minimum atomic E-state index is -0.839. The predicted octanol–water partition coefficient (Wildman–Crippen LogP) is 1.95. The van der Waals surface area contributed by atoms with E-state index in [0.29, 0.717) is 11.1 Å². The first-order valence-electron chi connectivity index (χ1n) is 11.4. The van der Waals surface area contributed by atoms with Crippen LogP contribution in [0.2, 0.25) is 0 Å². The minimum absolute atomic E-state index is 0.104. The van der Waals surface area contributed by atoms with Crippen molar-refractivity contribution in [3.63, 3.8) is 0 Å². The maximum atomic E-state index is 13.4. The van der Waals surface area contributed by atoms with Crippen LogP contribution < -0.4 is 4.74 Å². The Morgan fingerprint density at radius 3 is 2.66 bits per heavy atom. The molecule has 0 spiro atoms. The van der Waals surface area contributed by atoms with Crippen LogP contribution in [0.1, 0.15) is 47.1 Å². The molecule has 0 fully saturated rings. The third-order valence-electron chi connectivity index (χ3n) is 5.84. The number of hydrogen-bond donors (Lipinski definition) is 2. The number of aliphatic hydroxyl groups excluding tert-OH is 2. The Balaban J connectivity index is 1.94. The van der Waals surface area contributed by atoms with Crippen molar-refractivity contribution in [1.29, 1.82) is 0 Å². The fraction of sp³-hybridized carbons (Fsp3) is 0.423. The molecule has 2 amide bonds. The van der Waals surface area contributed by atoms with Gasteiger partial charge in [-0.1, -0.05) is 18.8 Å². The fourth-order valence-corrected chi connectivity index (χ4v) is 3.74. The summed E-state index contributed by atoms with van der Waals surface area (Å²) in [4.78, 5) is 33.6. The minimum Gasteiger partial charge on any atom is -0.472 e. The lowest BCUT2D eigenvalue weighted by molar-refractivity contribution is 0.0313. The van der Waals surface area contributed by atoms with E-state index in [0.717, 1.165) is 0 Å². The van der Waals surface area contributed by atoms with Gasteiger partial charge in [0.2, 0.25) is 5.88 Å². The van der Waals surface area contributed by atoms with Crippen LogP contribution >= 0.6 is 0 Å². The quantitative estimate of drug-likeness (QED) is 0.631. The smallest absolute Gasteiger partial charge is 0.259 e. The average molecular weight is 484 g/mol. The van der Waals surface area contributed by atoms with Gasteiger partial charge in [-0.3, -0.25) is 9.59 Å². The summed E-state index contributed by atoms with van der Waals surface area (Å²) < 4.78 is 19.4. The van der Waals surface area contributed by atoms with E-state index in [1.54, 1.807) is 24.9 Å². The molecule has 0 bridgehead atoms. The first-order chi connectivity index (χ1) is 16.6. The van der Waals surface area contributed by atoms with E-state index in [-0.39, 0.29) is 48.9 Å². The van der Waals surface area contributed by atoms with Gasteiger partial charge in [-0.15, -0.1) is 0 Å². The highest BCUT2D eigenvalue weighted by Crippen LogP contribution is 2.27. The van der Waals surface area contributed by atoms with E-state index in [4.69, 9.17) is 4.74 Å². The van der Waals surface area contributed by atoms with Gasteiger partial charge in [0.25, 0.3) is 11.8 Å². The number of pyridine rings is 1. The highest BCUT2D eigenvalue weighted by Gasteiger charge is 2.34. The monoisotopic (exact) mass is 483 g/mol. The first-order valence-corrected chi connectivity index (χ1v) is 11.4. The summed E-state index contributed by atoms with van der Waals surface area (Å²) in [7, 11) is 1.63. The number of fused-ring (bicyclic) bond motifs is 1. The molecule has 1 aliphatic rings. The molecule has 8 nitrogen and oxygen atoms in total. The molecule has 2 heterocycles. The number of benzene rings is 1. The van der Waals surface area contributed by atoms with Gasteiger partial charge in [-0.2, -0.15) is 0 Å². The van der Waals surface area contributed by atoms with E-state index in [9.17, 15) is 24.2 Å². The Morgan fingerprint density at radius 2 is 2.03 bits per heavy atom. The molecule has 1 aliphatic heterocycles. The lowest BCUT2D eigenvalue weighted by Crippen LogP contribution is -2.50. The Morgan fingerprint density at radius 1 is 1.34 bits per heavy atom. The average Bonchev–Trinajstić information content (AvgIpc) is 2.84. The first kappa shape index (κ1) is 26.1. The fourth-order valence-electron chi connectivity index (χ4n) is 3.74. The molecule has 4 atom stereocenters. The van der Waals surface area contributed by atoms with E-state index in [1.807, 2.05) is 6.92 Å². The van der Waals surface area contributed by atoms with Gasteiger partial charge in [0, 0.05) is 36.8 Å². The molecule has 186 valence electrons. The number of likely N-dealkylation sites (N-methyl/N-ethyl adjacent to an activating group) is 1. The Bertz CT molecular complexity index is 1130. The van der Waals surface area contributed by atoms with Crippen molar-refractivity contribution in [3.05, 3.63) is 59.0 Å². The molecule has 2 aromatic rings. The molecule has 0 saturated carbocycles. The zero-order valence-corrected chi connectivity index (χ0v) is 20.2. The van der Waals surface area contributed by atoms with Crippen LogP contribution in [0.5, 0.6) is 5.88 Å². The van der Waals surface area contributed by atoms with Gasteiger partial charge in [0.15, 0.2) is 0 Å². The lowest BCUT2D eigenvalue weighted by atomic mass is 9.99. The standard InChI is InChI=1S/C26H30FN3O5/c1-16-13-30(17(2)15-31)26(34)22-11-19(6-5-18(3)32)12-28-24(22)35-23(16)14-29(4)25(33)20-7-9-21(27)10-8-20/h7-12,16-18,23,31-32H,13-15H2,1-4H3/t16-,17-,18+,23-/m0/s1. The van der Waals surface area contributed by atoms with Crippen molar-refractivity contribution in [3.8, 4) is 17.7 Å². The number of aliphatic hydroxyl groups is 2. The molecular weight excluding hydrogens is 453 g/mol. The molecular formula is C26H30FN3O5. The Hall–Kier alpha value is -3.48. The number of hydrogen-bond acceptors (Lipinski definition) is 6. The summed E-state index contributed by atoms with van der Waals surface area (Å²) in [5.74, 6) is 4.23. The summed E-state index contributed by atoms with van der Waals surface area (Å²) in [6, 6.07) is 6.40. The lowest BCUT2D eigenvalue weighted by Gasteiger charge is -2.37. The number of carbonyl (C=O) groups is 2. The van der Waals surface area contributed by atoms with Crippen molar-refractivity contribution in [2.75, 3.05) is 26.7 Å². The van der Waals surface area contributed by atoms with Crippen LogP contribution in [0, 0.1) is 23.6 Å². The molecule has 1 aromatic heterocycles. The van der Waals surface area contributed by atoms with Gasteiger partial charge in [-0.05, 0) is 44.2 Å². The molecule has 1 aromatic carbocycles. The molecule has 0 aliphatic carbocycles. The highest BCUT2D eigenvalue weighted by molar-refractivity contribution is 5.97. The number of aromatic nitrogens is 1. The van der Waals surface area contributed by atoms with Crippen molar-refractivity contribution in [2.24, 2.45) is 5.92 Å². The zero-order chi connectivity index (χ0) is 25.7. The van der Waals surface area contributed by atoms with Gasteiger partial charge in [0.1, 0.15) is 23.6 Å². The molecule has 9 heteroatoms. The van der Waals surface area contributed by atoms with Gasteiger partial charge < -0.3 is 24.7 Å². The number of nitrogens with zero attached hydrogens (tertiary/aromatic N) is 3. The van der Waals surface area contributed by atoms with Crippen LogP contribution in [0.15, 0.2) is 36.5 Å². The van der Waals surface area contributed by atoms with Crippen LogP contribution in [-0.2, 0) is 0 Å². The largest absolute Gasteiger partial charge is 0.472 e. The maximum Gasteiger partial charge on any atom is 0.259 e. The number of halogens is 1. The second-order valence-electron chi connectivity index (χ2n) is 8.84. The van der Waals surface area contributed by atoms with Gasteiger partial charge >= 0.3 is 0 Å². The number of ether oxygens (including phenoxy) is 1. The topological polar surface area (TPSA) is 103 Å². The summed E-state index contributed by atoms with van der Waals surface area (Å²) in [6.07, 6.45) is 0.0960. The third kappa shape index (κ3) is 6.35. The normalized spacial score (nSPS) is 19.3. The van der Waals surface area contributed by atoms with Crippen molar-refractivity contribution < 1.29 is 28.9 Å². The van der Waals surface area contributed by atoms with Crippen LogP contribution in [0.4, 0.5) is 4.39 Å². The summed E-state index contributed by atoms with van der Waals surface area (Å²) >= 11 is 0. The summed E-state index contributed by atoms with van der Waals surface area (Å²) in [5.41, 5.74) is 0.969. The molecule has 0 radical (unpaired) electrons. The third-order valence-corrected chi connectivity index (χ3v) is 5.84. The van der Waals surface area contributed by atoms with E-state index in [1.165, 1.54) is 42.3 Å². The summed E-state index contributed by atoms with van der Waals surface area (Å²) in [5, 5.41) is 19.2. The summed E-state index contributed by atoms with van der Waals surface area (Å²) in [6.45, 7) is 5.43. The van der Waals surface area contributed by atoms with Crippen molar-refractivity contribution in [1.82, 2.24) is 14.8 Å². The Kier molecular flexibility index (Phi) is 8.43. The van der Waals surface area contributed by atoms with E-state index >= 15 is 0 Å². The van der Waals surface area contributed by atoms with E-state index in [2.05, 4.69) is 16.8 Å². The second kappa shape index (κ2) is 11.3. The predicted molar refractivity (Wildman–Crippen MR) is 127 cm³/mol. The highest BCUT2D eigenvalue weighted by atomic mass is 19.1. The van der Waals surface area contributed by atoms with Crippen LogP contribution in [0.25, 0.3) is 0 Å². The SMILES string of the molecule is C[C@@H](O)C#Cc1cnc2c(c1)C(=O)N([C@@H](C)CO)C[C@H](C)[C@H](CN(C)C(=O)c1ccc(F)cc1)O2. The Labute approximate surface area is 204 Å². The second-order valence-corrected chi connectivity index (χ2v) is 8.84. The molecule has 2 N–H and O–H groups in total. The molecule has 0 saturated heterocycles. The molecule has 3 rings (SSSR count). The van der Waals surface area contributed by atoms with Gasteiger partial charge in [-0.25, -0.2) is 9.37 Å². The molecule has 0 unspecified atom stereocenters. The number of carbonyl (C=O) groups excluding carboxylic acids is 2. The van der Waals surface area contributed by atoms with Crippen molar-refractivity contribution >= 4 is 11.8 Å². The number of rotatable bonds is 5.